The fraction of sp³-hybridized carbons (Fsp3) is 0.800. The van der Waals surface area contributed by atoms with Crippen molar-refractivity contribution in [2.24, 2.45) is 5.92 Å². The first-order chi connectivity index (χ1) is 7.52. The lowest BCUT2D eigenvalue weighted by Gasteiger charge is -2.20. The van der Waals surface area contributed by atoms with Crippen molar-refractivity contribution in [3.8, 4) is 0 Å². The number of carbonyl (C=O) groups is 2. The number of carboxylic acid groups (broad SMARTS) is 1. The molecule has 0 unspecified atom stereocenters. The number of methoxy groups -OCH3 is 1. The topological polar surface area (TPSA) is 87.7 Å². The summed E-state index contributed by atoms with van der Waals surface area (Å²) in [5.41, 5.74) is 0. The van der Waals surface area contributed by atoms with Crippen LogP contribution in [-0.4, -0.2) is 43.4 Å². The van der Waals surface area contributed by atoms with E-state index in [-0.39, 0.29) is 5.92 Å². The number of amides is 2. The molecule has 0 rings (SSSR count). The van der Waals surface area contributed by atoms with Crippen LogP contribution >= 0.6 is 0 Å². The van der Waals surface area contributed by atoms with Gasteiger partial charge in [0, 0.05) is 13.7 Å². The highest BCUT2D eigenvalue weighted by molar-refractivity contribution is 5.82. The summed E-state index contributed by atoms with van der Waals surface area (Å²) in [7, 11) is 1.53. The molecule has 2 atom stereocenters. The van der Waals surface area contributed by atoms with E-state index in [9.17, 15) is 9.59 Å². The number of hydrogen-bond donors (Lipinski definition) is 3. The maximum Gasteiger partial charge on any atom is 0.326 e. The lowest BCUT2D eigenvalue weighted by atomic mass is 9.99. The van der Waals surface area contributed by atoms with Crippen molar-refractivity contribution in [3.05, 3.63) is 0 Å². The summed E-state index contributed by atoms with van der Waals surface area (Å²) in [6, 6.07) is -1.34. The lowest BCUT2D eigenvalue weighted by molar-refractivity contribution is -0.140. The molecular weight excluding hydrogens is 212 g/mol. The zero-order chi connectivity index (χ0) is 12.6. The first-order valence-corrected chi connectivity index (χ1v) is 5.29. The number of hydrogen-bond acceptors (Lipinski definition) is 3. The molecule has 0 aromatic carbocycles. The molecule has 0 aliphatic heterocycles. The fourth-order valence-corrected chi connectivity index (χ4v) is 1.14. The molecule has 3 N–H and O–H groups in total. The average molecular weight is 232 g/mol. The van der Waals surface area contributed by atoms with Gasteiger partial charge in [-0.15, -0.1) is 0 Å². The number of rotatable bonds is 7. The van der Waals surface area contributed by atoms with Crippen LogP contribution < -0.4 is 10.6 Å². The molecule has 6 heteroatoms. The molecule has 0 bridgehead atoms. The molecule has 0 heterocycles. The number of carboxylic acids is 1. The predicted octanol–water partition coefficient (Wildman–Crippen LogP) is 0.431. The predicted molar refractivity (Wildman–Crippen MR) is 59.3 cm³/mol. The van der Waals surface area contributed by atoms with Crippen LogP contribution in [0.1, 0.15) is 20.3 Å². The van der Waals surface area contributed by atoms with Gasteiger partial charge in [-0.1, -0.05) is 20.3 Å². The van der Waals surface area contributed by atoms with Crippen LogP contribution in [-0.2, 0) is 9.53 Å². The van der Waals surface area contributed by atoms with E-state index in [4.69, 9.17) is 9.84 Å². The minimum atomic E-state index is -1.02. The largest absolute Gasteiger partial charge is 0.480 e. The maximum absolute atomic E-state index is 11.3. The van der Waals surface area contributed by atoms with Crippen LogP contribution in [0.15, 0.2) is 0 Å². The van der Waals surface area contributed by atoms with Crippen LogP contribution in [0, 0.1) is 5.92 Å². The number of nitrogens with one attached hydrogen (secondary N) is 2. The van der Waals surface area contributed by atoms with Crippen molar-refractivity contribution >= 4 is 12.0 Å². The second-order valence-electron chi connectivity index (χ2n) is 3.59. The summed E-state index contributed by atoms with van der Waals surface area (Å²) in [6.45, 7) is 4.42. The Bertz CT molecular complexity index is 233. The highest BCUT2D eigenvalue weighted by Gasteiger charge is 2.24. The van der Waals surface area contributed by atoms with Gasteiger partial charge < -0.3 is 20.5 Å². The molecule has 0 saturated heterocycles. The van der Waals surface area contributed by atoms with Crippen LogP contribution in [0.3, 0.4) is 0 Å². The maximum atomic E-state index is 11.3. The van der Waals surface area contributed by atoms with Gasteiger partial charge in [0.1, 0.15) is 6.04 Å². The average Bonchev–Trinajstić information content (AvgIpc) is 2.25. The first kappa shape index (κ1) is 14.7. The molecule has 0 saturated carbocycles. The Morgan fingerprint density at radius 3 is 2.50 bits per heavy atom. The second-order valence-corrected chi connectivity index (χ2v) is 3.59. The Morgan fingerprint density at radius 1 is 1.44 bits per heavy atom. The Balaban J connectivity index is 4.09. The second kappa shape index (κ2) is 7.92. The molecule has 16 heavy (non-hydrogen) atoms. The Kier molecular flexibility index (Phi) is 7.28. The molecule has 2 amide bonds. The van der Waals surface area contributed by atoms with Crippen molar-refractivity contribution in [2.75, 3.05) is 20.3 Å². The summed E-state index contributed by atoms with van der Waals surface area (Å²) < 4.78 is 4.75. The fourth-order valence-electron chi connectivity index (χ4n) is 1.14. The van der Waals surface area contributed by atoms with Crippen LogP contribution in [0.5, 0.6) is 0 Å². The van der Waals surface area contributed by atoms with E-state index in [0.717, 1.165) is 0 Å². The Morgan fingerprint density at radius 2 is 2.06 bits per heavy atom. The zero-order valence-electron chi connectivity index (χ0n) is 9.95. The summed E-state index contributed by atoms with van der Waals surface area (Å²) in [5, 5.41) is 13.9. The summed E-state index contributed by atoms with van der Waals surface area (Å²) in [5.74, 6) is -1.12. The lowest BCUT2D eigenvalue weighted by Crippen LogP contribution is -2.49. The molecular formula is C10H20N2O4. The number of carbonyl (C=O) groups excluding carboxylic acids is 1. The van der Waals surface area contributed by atoms with Gasteiger partial charge in [-0.05, 0) is 5.92 Å². The van der Waals surface area contributed by atoms with Gasteiger partial charge in [-0.25, -0.2) is 9.59 Å². The van der Waals surface area contributed by atoms with Crippen molar-refractivity contribution < 1.29 is 19.4 Å². The van der Waals surface area contributed by atoms with Gasteiger partial charge in [0.15, 0.2) is 0 Å². The van der Waals surface area contributed by atoms with E-state index >= 15 is 0 Å². The molecule has 6 nitrogen and oxygen atoms in total. The van der Waals surface area contributed by atoms with Crippen molar-refractivity contribution in [2.45, 2.75) is 26.3 Å². The Hall–Kier alpha value is -1.30. The molecule has 0 aromatic heterocycles. The normalized spacial score (nSPS) is 13.9. The van der Waals surface area contributed by atoms with Gasteiger partial charge >= 0.3 is 12.0 Å². The van der Waals surface area contributed by atoms with Crippen LogP contribution in [0.25, 0.3) is 0 Å². The third-order valence-electron chi connectivity index (χ3n) is 2.36. The van der Waals surface area contributed by atoms with E-state index in [1.165, 1.54) is 7.11 Å². The smallest absolute Gasteiger partial charge is 0.326 e. The van der Waals surface area contributed by atoms with E-state index in [2.05, 4.69) is 10.6 Å². The van der Waals surface area contributed by atoms with Gasteiger partial charge in [-0.3, -0.25) is 0 Å². The summed E-state index contributed by atoms with van der Waals surface area (Å²) in [6.07, 6.45) is 0.690. The van der Waals surface area contributed by atoms with Crippen LogP contribution in [0.2, 0.25) is 0 Å². The van der Waals surface area contributed by atoms with E-state index in [0.29, 0.717) is 19.6 Å². The van der Waals surface area contributed by atoms with E-state index < -0.39 is 18.0 Å². The number of aliphatic carboxylic acids is 1. The highest BCUT2D eigenvalue weighted by atomic mass is 16.5. The highest BCUT2D eigenvalue weighted by Crippen LogP contribution is 2.07. The zero-order valence-corrected chi connectivity index (χ0v) is 9.95. The van der Waals surface area contributed by atoms with Crippen molar-refractivity contribution in [1.29, 1.82) is 0 Å². The minimum absolute atomic E-state index is 0.106. The molecule has 94 valence electrons. The third kappa shape index (κ3) is 5.55. The first-order valence-electron chi connectivity index (χ1n) is 5.29. The molecule has 0 aliphatic rings. The SMILES string of the molecule is CC[C@@H](C)[C@H](NC(=O)NCCOC)C(=O)O. The minimum Gasteiger partial charge on any atom is -0.480 e. The summed E-state index contributed by atoms with van der Waals surface area (Å²) in [4.78, 5) is 22.2. The quantitative estimate of drug-likeness (QED) is 0.555. The number of urea groups is 1. The van der Waals surface area contributed by atoms with Gasteiger partial charge in [0.25, 0.3) is 0 Å². The molecule has 0 radical (unpaired) electrons. The molecule has 0 aliphatic carbocycles. The van der Waals surface area contributed by atoms with Crippen LogP contribution in [0.4, 0.5) is 4.79 Å². The monoisotopic (exact) mass is 232 g/mol. The van der Waals surface area contributed by atoms with Gasteiger partial charge in [0.2, 0.25) is 0 Å². The molecule has 0 spiro atoms. The van der Waals surface area contributed by atoms with Gasteiger partial charge in [-0.2, -0.15) is 0 Å². The third-order valence-corrected chi connectivity index (χ3v) is 2.36. The van der Waals surface area contributed by atoms with E-state index in [1.807, 2.05) is 6.92 Å². The van der Waals surface area contributed by atoms with E-state index in [1.54, 1.807) is 6.92 Å². The summed E-state index contributed by atoms with van der Waals surface area (Å²) >= 11 is 0. The van der Waals surface area contributed by atoms with Crippen molar-refractivity contribution in [3.63, 3.8) is 0 Å². The number of ether oxygens (including phenoxy) is 1. The molecule has 0 aromatic rings. The Labute approximate surface area is 95.4 Å². The molecule has 0 fully saturated rings. The van der Waals surface area contributed by atoms with Crippen molar-refractivity contribution in [1.82, 2.24) is 10.6 Å². The standard InChI is InChI=1S/C10H20N2O4/c1-4-7(2)8(9(13)14)12-10(15)11-5-6-16-3/h7-8H,4-6H2,1-3H3,(H,13,14)(H2,11,12,15)/t7-,8+/m1/s1. The van der Waals surface area contributed by atoms with Gasteiger partial charge in [0.05, 0.1) is 6.61 Å².